The zero-order valence-corrected chi connectivity index (χ0v) is 15.5. The van der Waals surface area contributed by atoms with Crippen molar-refractivity contribution in [1.82, 2.24) is 4.90 Å². The average molecular weight is 374 g/mol. The first-order valence-electron chi connectivity index (χ1n) is 9.55. The molecule has 146 valence electrons. The lowest BCUT2D eigenvalue weighted by atomic mass is 9.66. The summed E-state index contributed by atoms with van der Waals surface area (Å²) in [5.41, 5.74) is 0.316. The summed E-state index contributed by atoms with van der Waals surface area (Å²) >= 11 is 0. The number of rotatable bonds is 2. The maximum atomic E-state index is 13.0. The number of amides is 2. The number of ketones is 1. The largest absolute Gasteiger partial charge is 0.389 e. The minimum atomic E-state index is -0.839. The van der Waals surface area contributed by atoms with Crippen molar-refractivity contribution < 1.29 is 24.2 Å². The Labute approximate surface area is 158 Å². The molecule has 0 saturated carbocycles. The van der Waals surface area contributed by atoms with Gasteiger partial charge in [0, 0.05) is 55.3 Å². The summed E-state index contributed by atoms with van der Waals surface area (Å²) in [5, 5.41) is 14.2. The van der Waals surface area contributed by atoms with Gasteiger partial charge < -0.3 is 24.8 Å². The zero-order chi connectivity index (χ0) is 19.0. The number of aliphatic hydroxyl groups is 1. The topological polar surface area (TPSA) is 88.1 Å². The maximum absolute atomic E-state index is 13.0. The third-order valence-corrected chi connectivity index (χ3v) is 6.23. The van der Waals surface area contributed by atoms with Gasteiger partial charge >= 0.3 is 6.03 Å². The molecule has 0 spiro atoms. The normalized spacial score (nSPS) is 33.0. The predicted octanol–water partition coefficient (Wildman–Crippen LogP) is 1.91. The quantitative estimate of drug-likeness (QED) is 0.772. The fraction of sp³-hybridized carbons (Fsp3) is 0.600. The predicted molar refractivity (Wildman–Crippen MR) is 98.8 cm³/mol. The molecule has 3 heterocycles. The highest BCUT2D eigenvalue weighted by molar-refractivity contribution is 5.96. The highest BCUT2D eigenvalue weighted by Gasteiger charge is 2.56. The van der Waals surface area contributed by atoms with Gasteiger partial charge in [0.1, 0.15) is 0 Å². The van der Waals surface area contributed by atoms with Crippen LogP contribution >= 0.6 is 0 Å². The van der Waals surface area contributed by atoms with Crippen molar-refractivity contribution in [1.29, 1.82) is 0 Å². The lowest BCUT2D eigenvalue weighted by molar-refractivity contribution is -0.211. The Morgan fingerprint density at radius 2 is 2.07 bits per heavy atom. The van der Waals surface area contributed by atoms with Crippen molar-refractivity contribution in [2.24, 2.45) is 11.8 Å². The monoisotopic (exact) mass is 374 g/mol. The fourth-order valence-electron chi connectivity index (χ4n) is 4.70. The van der Waals surface area contributed by atoms with Gasteiger partial charge in [-0.2, -0.15) is 0 Å². The van der Waals surface area contributed by atoms with Gasteiger partial charge in [-0.05, 0) is 25.5 Å². The van der Waals surface area contributed by atoms with Crippen LogP contribution in [0.25, 0.3) is 0 Å². The molecule has 2 N–H and O–H groups in total. The molecule has 1 aromatic rings. The number of carbonyl (C=O) groups is 2. The standard InChI is InChI=1S/C20H26N2O5/c1-13(23)14-3-2-4-16(9-14)21-19(24)22-10-15-11-27-8-6-20(15,25)17-12-26-7-5-18(17)22/h2-4,9,15,17-18,25H,5-8,10-12H2,1H3,(H,21,24)/t15-,17+,18-,20-/m1/s1. The lowest BCUT2D eigenvalue weighted by Gasteiger charge is -2.56. The van der Waals surface area contributed by atoms with Crippen LogP contribution in [0.5, 0.6) is 0 Å². The second-order valence-electron chi connectivity index (χ2n) is 7.77. The summed E-state index contributed by atoms with van der Waals surface area (Å²) in [5.74, 6) is -0.273. The Balaban J connectivity index is 1.56. The molecule has 4 atom stereocenters. The number of hydrogen-bond donors (Lipinski definition) is 2. The number of likely N-dealkylation sites (tertiary alicyclic amines) is 1. The molecule has 3 aliphatic heterocycles. The number of nitrogens with one attached hydrogen (secondary N) is 1. The summed E-state index contributed by atoms with van der Waals surface area (Å²) in [7, 11) is 0. The van der Waals surface area contributed by atoms with Gasteiger partial charge in [-0.25, -0.2) is 4.79 Å². The first kappa shape index (κ1) is 18.4. The molecule has 3 fully saturated rings. The minimum Gasteiger partial charge on any atom is -0.389 e. The molecule has 2 amide bonds. The van der Waals surface area contributed by atoms with Gasteiger partial charge in [0.25, 0.3) is 0 Å². The van der Waals surface area contributed by atoms with Crippen LogP contribution in [0, 0.1) is 11.8 Å². The number of nitrogens with zero attached hydrogens (tertiary/aromatic N) is 1. The molecule has 0 aliphatic carbocycles. The Kier molecular flexibility index (Phi) is 4.92. The van der Waals surface area contributed by atoms with E-state index in [0.29, 0.717) is 57.1 Å². The van der Waals surface area contributed by atoms with Crippen LogP contribution < -0.4 is 5.32 Å². The van der Waals surface area contributed by atoms with Crippen molar-refractivity contribution in [3.8, 4) is 0 Å². The fourth-order valence-corrected chi connectivity index (χ4v) is 4.70. The molecule has 7 nitrogen and oxygen atoms in total. The second kappa shape index (κ2) is 7.22. The molecule has 3 saturated heterocycles. The van der Waals surface area contributed by atoms with Crippen LogP contribution in [0.3, 0.4) is 0 Å². The van der Waals surface area contributed by atoms with Gasteiger partial charge in [0.2, 0.25) is 0 Å². The number of anilines is 1. The third kappa shape index (κ3) is 3.35. The number of Topliss-reactive ketones (excluding diaryl/α,β-unsaturated/α-hetero) is 1. The SMILES string of the molecule is CC(=O)c1cccc(NC(=O)N2C[C@@H]3COCC[C@]3(O)[C@H]3COCC[C@H]32)c1. The lowest BCUT2D eigenvalue weighted by Crippen LogP contribution is -2.69. The molecule has 27 heavy (non-hydrogen) atoms. The van der Waals surface area contributed by atoms with E-state index in [-0.39, 0.29) is 29.7 Å². The van der Waals surface area contributed by atoms with E-state index < -0.39 is 5.60 Å². The van der Waals surface area contributed by atoms with Crippen LogP contribution in [0.1, 0.15) is 30.1 Å². The molecule has 0 bridgehead atoms. The van der Waals surface area contributed by atoms with Gasteiger partial charge in [-0.15, -0.1) is 0 Å². The van der Waals surface area contributed by atoms with Gasteiger partial charge in [0.15, 0.2) is 5.78 Å². The van der Waals surface area contributed by atoms with Crippen LogP contribution in [0.4, 0.5) is 10.5 Å². The van der Waals surface area contributed by atoms with E-state index in [4.69, 9.17) is 9.47 Å². The molecular weight excluding hydrogens is 348 g/mol. The van der Waals surface area contributed by atoms with Crippen LogP contribution in [0.2, 0.25) is 0 Å². The molecule has 7 heteroatoms. The summed E-state index contributed by atoms with van der Waals surface area (Å²) in [4.78, 5) is 26.5. The number of carbonyl (C=O) groups excluding carboxylic acids is 2. The van der Waals surface area contributed by atoms with E-state index in [1.807, 2.05) is 4.90 Å². The van der Waals surface area contributed by atoms with Crippen molar-refractivity contribution in [3.05, 3.63) is 29.8 Å². The van der Waals surface area contributed by atoms with E-state index >= 15 is 0 Å². The second-order valence-corrected chi connectivity index (χ2v) is 7.77. The number of ether oxygens (including phenoxy) is 2. The van der Waals surface area contributed by atoms with Gasteiger partial charge in [0.05, 0.1) is 18.8 Å². The van der Waals surface area contributed by atoms with Gasteiger partial charge in [-0.3, -0.25) is 4.79 Å². The molecular formula is C20H26N2O5. The first-order chi connectivity index (χ1) is 13.0. The average Bonchev–Trinajstić information content (AvgIpc) is 2.67. The highest BCUT2D eigenvalue weighted by atomic mass is 16.5. The zero-order valence-electron chi connectivity index (χ0n) is 15.5. The molecule has 3 aliphatic rings. The Morgan fingerprint density at radius 1 is 1.26 bits per heavy atom. The number of benzene rings is 1. The van der Waals surface area contributed by atoms with E-state index in [0.717, 1.165) is 0 Å². The minimum absolute atomic E-state index is 0.0435. The number of hydrogen-bond acceptors (Lipinski definition) is 5. The molecule has 0 aromatic heterocycles. The van der Waals surface area contributed by atoms with E-state index in [1.165, 1.54) is 6.92 Å². The molecule has 0 unspecified atom stereocenters. The molecule has 4 rings (SSSR count). The highest BCUT2D eigenvalue weighted by Crippen LogP contribution is 2.44. The van der Waals surface area contributed by atoms with E-state index in [9.17, 15) is 14.7 Å². The Morgan fingerprint density at radius 3 is 2.89 bits per heavy atom. The van der Waals surface area contributed by atoms with Crippen molar-refractivity contribution >= 4 is 17.5 Å². The summed E-state index contributed by atoms with van der Waals surface area (Å²) in [6.07, 6.45) is 1.29. The number of piperidine rings is 1. The maximum Gasteiger partial charge on any atom is 0.322 e. The molecule has 1 aromatic carbocycles. The summed E-state index contributed by atoms with van der Waals surface area (Å²) in [6.45, 7) is 3.99. The van der Waals surface area contributed by atoms with Crippen molar-refractivity contribution in [3.63, 3.8) is 0 Å². The van der Waals surface area contributed by atoms with Crippen molar-refractivity contribution in [2.75, 3.05) is 38.3 Å². The van der Waals surface area contributed by atoms with E-state index in [1.54, 1.807) is 24.3 Å². The first-order valence-corrected chi connectivity index (χ1v) is 9.55. The van der Waals surface area contributed by atoms with Gasteiger partial charge in [-0.1, -0.05) is 12.1 Å². The third-order valence-electron chi connectivity index (χ3n) is 6.23. The van der Waals surface area contributed by atoms with Crippen LogP contribution in [0.15, 0.2) is 24.3 Å². The van der Waals surface area contributed by atoms with Crippen molar-refractivity contribution in [2.45, 2.75) is 31.4 Å². The van der Waals surface area contributed by atoms with E-state index in [2.05, 4.69) is 5.32 Å². The van der Waals surface area contributed by atoms with Crippen LogP contribution in [-0.2, 0) is 9.47 Å². The smallest absolute Gasteiger partial charge is 0.322 e. The number of urea groups is 1. The Hall–Kier alpha value is -1.96. The molecule has 0 radical (unpaired) electrons. The summed E-state index contributed by atoms with van der Waals surface area (Å²) < 4.78 is 11.2. The Bertz CT molecular complexity index is 739. The number of fused-ring (bicyclic) bond motifs is 3. The van der Waals surface area contributed by atoms with Crippen LogP contribution in [-0.4, -0.2) is 66.4 Å². The summed E-state index contributed by atoms with van der Waals surface area (Å²) in [6, 6.07) is 6.68.